The second-order valence-electron chi connectivity index (χ2n) is 4.93. The van der Waals surface area contributed by atoms with Gasteiger partial charge in [-0.2, -0.15) is 0 Å². The van der Waals surface area contributed by atoms with Gasteiger partial charge in [-0.25, -0.2) is 4.79 Å². The molecule has 2 rings (SSSR count). The maximum Gasteiger partial charge on any atom is 0.328 e. The molecule has 6 heteroatoms. The number of hydrogen-bond acceptors (Lipinski definition) is 4. The van der Waals surface area contributed by atoms with Gasteiger partial charge in [-0.3, -0.25) is 4.79 Å². The highest BCUT2D eigenvalue weighted by Gasteiger charge is 2.41. The number of carboxylic acids is 1. The van der Waals surface area contributed by atoms with Crippen LogP contribution in [0.2, 0.25) is 0 Å². The van der Waals surface area contributed by atoms with Gasteiger partial charge in [0, 0.05) is 24.7 Å². The SMILES string of the molecule is COc1ccc2c(c1)C(N)(C(=O)O)CCCN2C(C)=O. The summed E-state index contributed by atoms with van der Waals surface area (Å²) in [5.41, 5.74) is 5.56. The lowest BCUT2D eigenvalue weighted by Gasteiger charge is -2.27. The summed E-state index contributed by atoms with van der Waals surface area (Å²) in [7, 11) is 1.50. The summed E-state index contributed by atoms with van der Waals surface area (Å²) in [6, 6.07) is 4.98. The molecule has 1 aliphatic heterocycles. The summed E-state index contributed by atoms with van der Waals surface area (Å²) in [4.78, 5) is 24.9. The van der Waals surface area contributed by atoms with Crippen LogP contribution in [0.25, 0.3) is 0 Å². The first-order chi connectivity index (χ1) is 9.40. The fourth-order valence-electron chi connectivity index (χ4n) is 2.56. The molecule has 0 aromatic heterocycles. The Bertz CT molecular complexity index is 558. The van der Waals surface area contributed by atoms with Gasteiger partial charge in [-0.05, 0) is 31.0 Å². The number of fused-ring (bicyclic) bond motifs is 1. The van der Waals surface area contributed by atoms with Gasteiger partial charge in [0.15, 0.2) is 0 Å². The minimum atomic E-state index is -1.51. The van der Waals surface area contributed by atoms with Gasteiger partial charge in [-0.15, -0.1) is 0 Å². The normalized spacial score (nSPS) is 21.9. The second kappa shape index (κ2) is 5.13. The van der Waals surface area contributed by atoms with Crippen LogP contribution >= 0.6 is 0 Å². The van der Waals surface area contributed by atoms with Crippen LogP contribution in [0.5, 0.6) is 5.75 Å². The number of carbonyl (C=O) groups is 2. The van der Waals surface area contributed by atoms with Crippen molar-refractivity contribution in [2.24, 2.45) is 5.73 Å². The lowest BCUT2D eigenvalue weighted by atomic mass is 9.86. The average molecular weight is 278 g/mol. The molecule has 0 aliphatic carbocycles. The van der Waals surface area contributed by atoms with Crippen LogP contribution in [0, 0.1) is 0 Å². The number of nitrogens with zero attached hydrogens (tertiary/aromatic N) is 1. The van der Waals surface area contributed by atoms with Crippen molar-refractivity contribution in [3.05, 3.63) is 23.8 Å². The first-order valence-electron chi connectivity index (χ1n) is 6.39. The molecule has 108 valence electrons. The molecule has 0 bridgehead atoms. The molecule has 0 saturated carbocycles. The predicted molar refractivity (Wildman–Crippen MR) is 73.8 cm³/mol. The number of amides is 1. The van der Waals surface area contributed by atoms with Crippen LogP contribution in [-0.4, -0.2) is 30.6 Å². The smallest absolute Gasteiger partial charge is 0.328 e. The largest absolute Gasteiger partial charge is 0.497 e. The lowest BCUT2D eigenvalue weighted by molar-refractivity contribution is -0.144. The zero-order valence-electron chi connectivity index (χ0n) is 11.5. The monoisotopic (exact) mass is 278 g/mol. The number of hydrogen-bond donors (Lipinski definition) is 2. The Labute approximate surface area is 117 Å². The molecule has 0 fully saturated rings. The minimum Gasteiger partial charge on any atom is -0.497 e. The fourth-order valence-corrected chi connectivity index (χ4v) is 2.56. The number of anilines is 1. The summed E-state index contributed by atoms with van der Waals surface area (Å²) in [5.74, 6) is -0.714. The first-order valence-corrected chi connectivity index (χ1v) is 6.39. The maximum atomic E-state index is 11.8. The Kier molecular flexibility index (Phi) is 3.67. The zero-order chi connectivity index (χ0) is 14.9. The van der Waals surface area contributed by atoms with Crippen molar-refractivity contribution in [1.29, 1.82) is 0 Å². The fraction of sp³-hybridized carbons (Fsp3) is 0.429. The van der Waals surface area contributed by atoms with E-state index >= 15 is 0 Å². The van der Waals surface area contributed by atoms with E-state index in [-0.39, 0.29) is 12.3 Å². The predicted octanol–water partition coefficient (Wildman–Crippen LogP) is 1.08. The van der Waals surface area contributed by atoms with Crippen molar-refractivity contribution >= 4 is 17.6 Å². The van der Waals surface area contributed by atoms with Crippen LogP contribution < -0.4 is 15.4 Å². The third kappa shape index (κ3) is 2.22. The molecule has 1 heterocycles. The van der Waals surface area contributed by atoms with Gasteiger partial charge >= 0.3 is 5.97 Å². The molecule has 1 unspecified atom stereocenters. The molecular formula is C14H18N2O4. The summed E-state index contributed by atoms with van der Waals surface area (Å²) < 4.78 is 5.14. The van der Waals surface area contributed by atoms with E-state index in [1.807, 2.05) is 0 Å². The highest BCUT2D eigenvalue weighted by Crippen LogP contribution is 2.38. The molecular weight excluding hydrogens is 260 g/mol. The van der Waals surface area contributed by atoms with Gasteiger partial charge in [0.2, 0.25) is 5.91 Å². The number of ether oxygens (including phenoxy) is 1. The summed E-state index contributed by atoms with van der Waals surface area (Å²) >= 11 is 0. The summed E-state index contributed by atoms with van der Waals surface area (Å²) in [6.45, 7) is 1.92. The van der Waals surface area contributed by atoms with Crippen LogP contribution in [-0.2, 0) is 15.1 Å². The van der Waals surface area contributed by atoms with Gasteiger partial charge in [0.05, 0.1) is 7.11 Å². The van der Waals surface area contributed by atoms with Gasteiger partial charge in [-0.1, -0.05) is 0 Å². The molecule has 0 saturated heterocycles. The minimum absolute atomic E-state index is 0.133. The molecule has 3 N–H and O–H groups in total. The molecule has 1 atom stereocenters. The van der Waals surface area contributed by atoms with E-state index in [4.69, 9.17) is 10.5 Å². The number of carbonyl (C=O) groups excluding carboxylic acids is 1. The summed E-state index contributed by atoms with van der Waals surface area (Å²) in [6.07, 6.45) is 0.797. The maximum absolute atomic E-state index is 11.8. The molecule has 1 aromatic carbocycles. The number of nitrogens with two attached hydrogens (primary N) is 1. The Hall–Kier alpha value is -2.08. The van der Waals surface area contributed by atoms with Crippen LogP contribution in [0.15, 0.2) is 18.2 Å². The van der Waals surface area contributed by atoms with Crippen molar-refractivity contribution in [2.75, 3.05) is 18.6 Å². The van der Waals surface area contributed by atoms with Crippen molar-refractivity contribution in [3.63, 3.8) is 0 Å². The number of aliphatic carboxylic acids is 1. The molecule has 1 aliphatic rings. The van der Waals surface area contributed by atoms with E-state index in [0.29, 0.717) is 30.0 Å². The van der Waals surface area contributed by atoms with E-state index < -0.39 is 11.5 Å². The number of carboxylic acid groups (broad SMARTS) is 1. The molecule has 1 aromatic rings. The van der Waals surface area contributed by atoms with Crippen LogP contribution in [0.1, 0.15) is 25.3 Å². The Morgan fingerprint density at radius 3 is 2.70 bits per heavy atom. The van der Waals surface area contributed by atoms with Gasteiger partial charge in [0.25, 0.3) is 0 Å². The average Bonchev–Trinajstić information content (AvgIpc) is 2.56. The van der Waals surface area contributed by atoms with Gasteiger partial charge < -0.3 is 20.5 Å². The zero-order valence-corrected chi connectivity index (χ0v) is 11.5. The van der Waals surface area contributed by atoms with E-state index in [1.54, 1.807) is 23.1 Å². The van der Waals surface area contributed by atoms with Crippen molar-refractivity contribution in [1.82, 2.24) is 0 Å². The van der Waals surface area contributed by atoms with Crippen LogP contribution in [0.4, 0.5) is 5.69 Å². The number of methoxy groups -OCH3 is 1. The number of rotatable bonds is 2. The Morgan fingerprint density at radius 1 is 1.45 bits per heavy atom. The van der Waals surface area contributed by atoms with E-state index in [0.717, 1.165) is 0 Å². The quantitative estimate of drug-likeness (QED) is 0.844. The standard InChI is InChI=1S/C14H18N2O4/c1-9(17)16-7-3-6-14(15,13(18)19)11-8-10(20-2)4-5-12(11)16/h4-5,8H,3,6-7,15H2,1-2H3,(H,18,19). The first kappa shape index (κ1) is 14.3. The van der Waals surface area contributed by atoms with E-state index in [1.165, 1.54) is 14.0 Å². The Morgan fingerprint density at radius 2 is 2.15 bits per heavy atom. The third-order valence-corrected chi connectivity index (χ3v) is 3.69. The molecule has 1 amide bonds. The molecule has 0 radical (unpaired) electrons. The highest BCUT2D eigenvalue weighted by molar-refractivity contribution is 5.95. The van der Waals surface area contributed by atoms with E-state index in [2.05, 4.69) is 0 Å². The highest BCUT2D eigenvalue weighted by atomic mass is 16.5. The lowest BCUT2D eigenvalue weighted by Crippen LogP contribution is -2.44. The third-order valence-electron chi connectivity index (χ3n) is 3.69. The number of benzene rings is 1. The van der Waals surface area contributed by atoms with Gasteiger partial charge in [0.1, 0.15) is 11.3 Å². The molecule has 20 heavy (non-hydrogen) atoms. The topological polar surface area (TPSA) is 92.9 Å². The van der Waals surface area contributed by atoms with Crippen LogP contribution in [0.3, 0.4) is 0 Å². The summed E-state index contributed by atoms with van der Waals surface area (Å²) in [5, 5.41) is 9.49. The Balaban J connectivity index is 2.67. The van der Waals surface area contributed by atoms with Crippen molar-refractivity contribution in [2.45, 2.75) is 25.3 Å². The van der Waals surface area contributed by atoms with Crippen molar-refractivity contribution < 1.29 is 19.4 Å². The van der Waals surface area contributed by atoms with Crippen molar-refractivity contribution in [3.8, 4) is 5.75 Å². The van der Waals surface area contributed by atoms with E-state index in [9.17, 15) is 14.7 Å². The molecule has 6 nitrogen and oxygen atoms in total. The second-order valence-corrected chi connectivity index (χ2v) is 4.93. The molecule has 0 spiro atoms.